The molecule has 0 bridgehead atoms. The van der Waals surface area contributed by atoms with E-state index in [4.69, 9.17) is 10.4 Å². The van der Waals surface area contributed by atoms with Crippen LogP contribution in [0.4, 0.5) is 5.82 Å². The molecule has 1 amide bonds. The number of hydrogen-bond donors (Lipinski definition) is 1. The number of aliphatic hydroxyl groups is 1. The van der Waals surface area contributed by atoms with Crippen molar-refractivity contribution in [2.24, 2.45) is 5.92 Å². The van der Waals surface area contributed by atoms with E-state index in [1.165, 1.54) is 11.1 Å². The largest absolute Gasteiger partial charge is 0.396 e. The van der Waals surface area contributed by atoms with Gasteiger partial charge in [0.25, 0.3) is 0 Å². The third-order valence-electron chi connectivity index (χ3n) is 2.73. The number of aromatic nitrogens is 2. The van der Waals surface area contributed by atoms with Crippen molar-refractivity contribution < 1.29 is 9.90 Å². The van der Waals surface area contributed by atoms with Crippen molar-refractivity contribution in [1.82, 2.24) is 9.97 Å². The quantitative estimate of drug-likeness (QED) is 0.775. The van der Waals surface area contributed by atoms with Crippen molar-refractivity contribution in [2.75, 3.05) is 18.1 Å². The monoisotopic (exact) mass is 232 g/mol. The van der Waals surface area contributed by atoms with E-state index in [0.717, 1.165) is 0 Å². The van der Waals surface area contributed by atoms with Gasteiger partial charge in [0, 0.05) is 25.5 Å². The Hall–Kier alpha value is -2.00. The molecule has 2 rings (SSSR count). The predicted molar refractivity (Wildman–Crippen MR) is 59.0 cm³/mol. The summed E-state index contributed by atoms with van der Waals surface area (Å²) < 4.78 is 0. The van der Waals surface area contributed by atoms with Crippen LogP contribution in [0.15, 0.2) is 6.20 Å². The summed E-state index contributed by atoms with van der Waals surface area (Å²) in [4.78, 5) is 21.3. The van der Waals surface area contributed by atoms with Crippen LogP contribution < -0.4 is 4.90 Å². The highest BCUT2D eigenvalue weighted by Gasteiger charge is 2.32. The first-order valence-electron chi connectivity index (χ1n) is 5.30. The lowest BCUT2D eigenvalue weighted by molar-refractivity contribution is -0.117. The zero-order valence-electron chi connectivity index (χ0n) is 9.42. The highest BCUT2D eigenvalue weighted by atomic mass is 16.3. The second kappa shape index (κ2) is 4.47. The molecule has 0 aromatic carbocycles. The normalized spacial score (nSPS) is 19.5. The van der Waals surface area contributed by atoms with Gasteiger partial charge in [0.05, 0.1) is 6.20 Å². The van der Waals surface area contributed by atoms with Gasteiger partial charge in [-0.05, 0) is 6.92 Å². The molecule has 1 aliphatic rings. The molecule has 1 unspecified atom stereocenters. The molecule has 6 nitrogen and oxygen atoms in total. The van der Waals surface area contributed by atoms with E-state index in [1.54, 1.807) is 6.92 Å². The Morgan fingerprint density at radius 1 is 1.71 bits per heavy atom. The summed E-state index contributed by atoms with van der Waals surface area (Å²) in [5.41, 5.74) is 0.280. The molecule has 1 saturated heterocycles. The van der Waals surface area contributed by atoms with Crippen LogP contribution in [0.25, 0.3) is 0 Å². The van der Waals surface area contributed by atoms with E-state index >= 15 is 0 Å². The zero-order valence-corrected chi connectivity index (χ0v) is 9.42. The Labute approximate surface area is 98.5 Å². The van der Waals surface area contributed by atoms with Crippen molar-refractivity contribution in [3.05, 3.63) is 17.6 Å². The van der Waals surface area contributed by atoms with E-state index in [-0.39, 0.29) is 24.0 Å². The van der Waals surface area contributed by atoms with E-state index in [0.29, 0.717) is 24.6 Å². The number of anilines is 1. The van der Waals surface area contributed by atoms with Gasteiger partial charge in [-0.15, -0.1) is 0 Å². The Kier molecular flexibility index (Phi) is 3.02. The number of nitrogens with zero attached hydrogens (tertiary/aromatic N) is 4. The molecule has 0 saturated carbocycles. The molecule has 1 aliphatic heterocycles. The Morgan fingerprint density at radius 2 is 2.47 bits per heavy atom. The molecule has 0 radical (unpaired) electrons. The average Bonchev–Trinajstić information content (AvgIpc) is 2.70. The van der Waals surface area contributed by atoms with Crippen LogP contribution in [0.2, 0.25) is 0 Å². The highest BCUT2D eigenvalue weighted by Crippen LogP contribution is 2.25. The fourth-order valence-corrected chi connectivity index (χ4v) is 1.85. The molecule has 88 valence electrons. The van der Waals surface area contributed by atoms with Gasteiger partial charge in [0.2, 0.25) is 5.91 Å². The van der Waals surface area contributed by atoms with E-state index < -0.39 is 0 Å². The molecule has 1 atom stereocenters. The van der Waals surface area contributed by atoms with E-state index in [2.05, 4.69) is 9.97 Å². The smallest absolute Gasteiger partial charge is 0.228 e. The van der Waals surface area contributed by atoms with Gasteiger partial charge in [0.1, 0.15) is 17.5 Å². The molecule has 1 fully saturated rings. The number of carbonyl (C=O) groups is 1. The van der Waals surface area contributed by atoms with Crippen molar-refractivity contribution >= 4 is 11.7 Å². The van der Waals surface area contributed by atoms with Gasteiger partial charge in [-0.2, -0.15) is 5.26 Å². The average molecular weight is 232 g/mol. The molecule has 6 heteroatoms. The molecule has 0 aliphatic carbocycles. The second-order valence-electron chi connectivity index (χ2n) is 4.02. The number of hydrogen-bond acceptors (Lipinski definition) is 5. The lowest BCUT2D eigenvalue weighted by Crippen LogP contribution is -2.27. The lowest BCUT2D eigenvalue weighted by atomic mass is 10.1. The molecule has 1 aromatic heterocycles. The van der Waals surface area contributed by atoms with E-state index in [1.807, 2.05) is 6.07 Å². The number of rotatable bonds is 2. The second-order valence-corrected chi connectivity index (χ2v) is 4.02. The van der Waals surface area contributed by atoms with Crippen LogP contribution in [-0.2, 0) is 4.79 Å². The Morgan fingerprint density at radius 3 is 3.06 bits per heavy atom. The number of carbonyl (C=O) groups excluding carboxylic acids is 1. The molecular formula is C11H12N4O2. The summed E-state index contributed by atoms with van der Waals surface area (Å²) in [6.45, 7) is 2.07. The SMILES string of the molecule is Cc1ncc(C#N)c(N2CC(CO)CC2=O)n1. The van der Waals surface area contributed by atoms with Gasteiger partial charge < -0.3 is 5.11 Å². The fraction of sp³-hybridized carbons (Fsp3) is 0.455. The zero-order chi connectivity index (χ0) is 12.4. The number of aryl methyl sites for hydroxylation is 1. The van der Waals surface area contributed by atoms with Crippen LogP contribution in [0, 0.1) is 24.2 Å². The van der Waals surface area contributed by atoms with Crippen LogP contribution in [0.5, 0.6) is 0 Å². The minimum Gasteiger partial charge on any atom is -0.396 e. The third-order valence-corrected chi connectivity index (χ3v) is 2.73. The molecule has 0 spiro atoms. The van der Waals surface area contributed by atoms with Gasteiger partial charge >= 0.3 is 0 Å². The van der Waals surface area contributed by atoms with Crippen LogP contribution in [0.1, 0.15) is 17.8 Å². The maximum absolute atomic E-state index is 11.8. The topological polar surface area (TPSA) is 90.1 Å². The van der Waals surface area contributed by atoms with Gasteiger partial charge in [-0.3, -0.25) is 9.69 Å². The van der Waals surface area contributed by atoms with Crippen LogP contribution in [-0.4, -0.2) is 34.1 Å². The molecule has 17 heavy (non-hydrogen) atoms. The van der Waals surface area contributed by atoms with Crippen molar-refractivity contribution in [3.8, 4) is 6.07 Å². The summed E-state index contributed by atoms with van der Waals surface area (Å²) >= 11 is 0. The minimum absolute atomic E-state index is 0.0335. The Balaban J connectivity index is 2.37. The summed E-state index contributed by atoms with van der Waals surface area (Å²) in [5, 5.41) is 18.0. The maximum Gasteiger partial charge on any atom is 0.228 e. The minimum atomic E-state index is -0.112. The van der Waals surface area contributed by atoms with E-state index in [9.17, 15) is 4.79 Å². The number of amides is 1. The van der Waals surface area contributed by atoms with Crippen molar-refractivity contribution in [3.63, 3.8) is 0 Å². The Bertz CT molecular complexity index is 495. The first kappa shape index (κ1) is 11.5. The lowest BCUT2D eigenvalue weighted by Gasteiger charge is -2.16. The molecule has 1 N–H and O–H groups in total. The van der Waals surface area contributed by atoms with Gasteiger partial charge in [-0.1, -0.05) is 0 Å². The highest BCUT2D eigenvalue weighted by molar-refractivity contribution is 5.95. The molecule has 1 aromatic rings. The summed E-state index contributed by atoms with van der Waals surface area (Å²) in [6.07, 6.45) is 1.71. The summed E-state index contributed by atoms with van der Waals surface area (Å²) in [5.74, 6) is 0.670. The molecular weight excluding hydrogens is 220 g/mol. The van der Waals surface area contributed by atoms with Crippen LogP contribution in [0.3, 0.4) is 0 Å². The standard InChI is InChI=1S/C11H12N4O2/c1-7-13-4-9(3-12)11(14-7)15-5-8(6-16)2-10(15)17/h4,8,16H,2,5-6H2,1H3. The fourth-order valence-electron chi connectivity index (χ4n) is 1.85. The van der Waals surface area contributed by atoms with Crippen molar-refractivity contribution in [2.45, 2.75) is 13.3 Å². The number of nitriles is 1. The predicted octanol–water partition coefficient (Wildman–Crippen LogP) is 0.00190. The van der Waals surface area contributed by atoms with Crippen molar-refractivity contribution in [1.29, 1.82) is 5.26 Å². The maximum atomic E-state index is 11.8. The molecule has 2 heterocycles. The van der Waals surface area contributed by atoms with Crippen LogP contribution >= 0.6 is 0 Å². The third kappa shape index (κ3) is 2.10. The number of aliphatic hydroxyl groups excluding tert-OH is 1. The first-order chi connectivity index (χ1) is 8.15. The summed E-state index contributed by atoms with van der Waals surface area (Å²) in [7, 11) is 0. The first-order valence-corrected chi connectivity index (χ1v) is 5.30. The van der Waals surface area contributed by atoms with Gasteiger partial charge in [0.15, 0.2) is 5.82 Å². The van der Waals surface area contributed by atoms with Gasteiger partial charge in [-0.25, -0.2) is 9.97 Å². The summed E-state index contributed by atoms with van der Waals surface area (Å²) in [6, 6.07) is 1.97.